The third kappa shape index (κ3) is 3.36. The van der Waals surface area contributed by atoms with E-state index < -0.39 is 33.0 Å². The molecule has 1 aromatic carbocycles. The molecule has 0 aromatic heterocycles. The predicted octanol–water partition coefficient (Wildman–Crippen LogP) is 3.44. The van der Waals surface area contributed by atoms with Crippen molar-refractivity contribution in [2.45, 2.75) is 32.2 Å². The normalized spacial score (nSPS) is 13.6. The van der Waals surface area contributed by atoms with Crippen LogP contribution in [0.1, 0.15) is 26.7 Å². The number of halogens is 2. The van der Waals surface area contributed by atoms with Gasteiger partial charge in [0.25, 0.3) is 5.69 Å². The largest absolute Gasteiger partial charge is 0.480 e. The van der Waals surface area contributed by atoms with Gasteiger partial charge in [-0.3, -0.25) is 10.1 Å². The summed E-state index contributed by atoms with van der Waals surface area (Å²) in [6.45, 7) is 3.16. The average molecular weight is 305 g/mol. The van der Waals surface area contributed by atoms with E-state index in [9.17, 15) is 24.4 Å². The maximum atomic E-state index is 13.4. The Labute approximate surface area is 119 Å². The minimum absolute atomic E-state index is 0.213. The van der Waals surface area contributed by atoms with Crippen LogP contribution in [0.25, 0.3) is 0 Å². The van der Waals surface area contributed by atoms with Crippen LogP contribution in [0, 0.1) is 15.9 Å². The van der Waals surface area contributed by atoms with Gasteiger partial charge >= 0.3 is 5.97 Å². The molecule has 1 aromatic rings. The van der Waals surface area contributed by atoms with Gasteiger partial charge in [0.1, 0.15) is 17.0 Å². The molecule has 1 rings (SSSR count). The topological polar surface area (TPSA) is 92.5 Å². The molecule has 0 saturated carbocycles. The summed E-state index contributed by atoms with van der Waals surface area (Å²) in [5.74, 6) is -2.03. The molecule has 0 amide bonds. The van der Waals surface area contributed by atoms with Crippen molar-refractivity contribution in [1.29, 1.82) is 0 Å². The van der Waals surface area contributed by atoms with Crippen molar-refractivity contribution in [1.82, 2.24) is 0 Å². The Kier molecular flexibility index (Phi) is 4.88. The minimum Gasteiger partial charge on any atom is -0.480 e. The molecule has 0 aliphatic rings. The fourth-order valence-corrected chi connectivity index (χ4v) is 1.97. The Morgan fingerprint density at radius 1 is 1.60 bits per heavy atom. The molecule has 0 radical (unpaired) electrons. The van der Waals surface area contributed by atoms with E-state index in [4.69, 9.17) is 11.6 Å². The van der Waals surface area contributed by atoms with Gasteiger partial charge in [0.2, 0.25) is 0 Å². The van der Waals surface area contributed by atoms with Crippen LogP contribution in [-0.2, 0) is 4.79 Å². The van der Waals surface area contributed by atoms with Crippen LogP contribution in [0.15, 0.2) is 12.1 Å². The summed E-state index contributed by atoms with van der Waals surface area (Å²) in [5, 5.41) is 22.3. The zero-order valence-electron chi connectivity index (χ0n) is 10.9. The molecule has 6 nitrogen and oxygen atoms in total. The van der Waals surface area contributed by atoms with Gasteiger partial charge in [-0.15, -0.1) is 0 Å². The van der Waals surface area contributed by atoms with Crippen molar-refractivity contribution in [3.05, 3.63) is 33.1 Å². The van der Waals surface area contributed by atoms with Crippen molar-refractivity contribution >= 4 is 28.9 Å². The SMILES string of the molecule is CCCC(C)(Nc1cc(F)c(Cl)cc1[N+](=O)[O-])C(=O)O. The van der Waals surface area contributed by atoms with Gasteiger partial charge in [0, 0.05) is 12.1 Å². The lowest BCUT2D eigenvalue weighted by Gasteiger charge is -2.26. The second kappa shape index (κ2) is 6.04. The molecule has 110 valence electrons. The first-order valence-corrected chi connectivity index (χ1v) is 6.24. The van der Waals surface area contributed by atoms with Gasteiger partial charge < -0.3 is 10.4 Å². The van der Waals surface area contributed by atoms with Gasteiger partial charge in [-0.2, -0.15) is 0 Å². The Morgan fingerprint density at radius 2 is 2.20 bits per heavy atom. The molecule has 1 atom stereocenters. The summed E-state index contributed by atoms with van der Waals surface area (Å²) in [4.78, 5) is 21.5. The highest BCUT2D eigenvalue weighted by Crippen LogP contribution is 2.33. The van der Waals surface area contributed by atoms with Crippen LogP contribution in [0.2, 0.25) is 5.02 Å². The minimum atomic E-state index is -1.43. The van der Waals surface area contributed by atoms with Crippen LogP contribution in [-0.4, -0.2) is 21.5 Å². The number of nitrogens with one attached hydrogen (secondary N) is 1. The standard InChI is InChI=1S/C12H14ClFN2O4/c1-3-4-12(2,11(17)18)15-9-6-8(14)7(13)5-10(9)16(19)20/h5-6,15H,3-4H2,1-2H3,(H,17,18). The van der Waals surface area contributed by atoms with Crippen LogP contribution in [0.4, 0.5) is 15.8 Å². The lowest BCUT2D eigenvalue weighted by atomic mass is 9.95. The van der Waals surface area contributed by atoms with Gasteiger partial charge in [-0.05, 0) is 13.3 Å². The zero-order valence-corrected chi connectivity index (χ0v) is 11.7. The second-order valence-corrected chi connectivity index (χ2v) is 4.96. The molecule has 8 heteroatoms. The lowest BCUT2D eigenvalue weighted by molar-refractivity contribution is -0.384. The number of hydrogen-bond acceptors (Lipinski definition) is 4. The summed E-state index contributed by atoms with van der Waals surface area (Å²) in [7, 11) is 0. The van der Waals surface area contributed by atoms with Gasteiger partial charge in [0.15, 0.2) is 0 Å². The second-order valence-electron chi connectivity index (χ2n) is 4.55. The summed E-state index contributed by atoms with van der Waals surface area (Å²) >= 11 is 5.50. The highest BCUT2D eigenvalue weighted by Gasteiger charge is 2.34. The molecular formula is C12H14ClFN2O4. The molecule has 0 spiro atoms. The number of carboxylic acid groups (broad SMARTS) is 1. The number of nitro groups is 1. The van der Waals surface area contributed by atoms with Gasteiger partial charge in [0.05, 0.1) is 9.95 Å². The van der Waals surface area contributed by atoms with E-state index in [1.807, 2.05) is 0 Å². The summed E-state index contributed by atoms with van der Waals surface area (Å²) < 4.78 is 13.4. The Bertz CT molecular complexity index is 553. The van der Waals surface area contributed by atoms with Crippen molar-refractivity contribution < 1.29 is 19.2 Å². The Balaban J connectivity index is 3.28. The number of rotatable bonds is 6. The zero-order chi connectivity index (χ0) is 15.5. The molecule has 0 bridgehead atoms. The van der Waals surface area contributed by atoms with Crippen LogP contribution in [0.3, 0.4) is 0 Å². The first kappa shape index (κ1) is 16.2. The third-order valence-electron chi connectivity index (χ3n) is 2.87. The lowest BCUT2D eigenvalue weighted by Crippen LogP contribution is -2.43. The van der Waals surface area contributed by atoms with E-state index in [0.717, 1.165) is 12.1 Å². The smallest absolute Gasteiger partial charge is 0.329 e. The number of nitrogens with zero attached hydrogens (tertiary/aromatic N) is 1. The molecule has 0 fully saturated rings. The van der Waals surface area contributed by atoms with E-state index in [0.29, 0.717) is 6.42 Å². The fraction of sp³-hybridized carbons (Fsp3) is 0.417. The van der Waals surface area contributed by atoms with E-state index in [1.54, 1.807) is 6.92 Å². The molecular weight excluding hydrogens is 291 g/mol. The van der Waals surface area contributed by atoms with E-state index >= 15 is 0 Å². The molecule has 2 N–H and O–H groups in total. The molecule has 1 unspecified atom stereocenters. The number of carboxylic acids is 1. The molecule has 0 saturated heterocycles. The van der Waals surface area contributed by atoms with Gasteiger partial charge in [-0.25, -0.2) is 9.18 Å². The number of anilines is 1. The molecule has 0 aliphatic carbocycles. The Morgan fingerprint density at radius 3 is 2.65 bits per heavy atom. The van der Waals surface area contributed by atoms with Crippen LogP contribution in [0.5, 0.6) is 0 Å². The molecule has 0 heterocycles. The quantitative estimate of drug-likeness (QED) is 0.620. The highest BCUT2D eigenvalue weighted by atomic mass is 35.5. The third-order valence-corrected chi connectivity index (χ3v) is 3.16. The summed E-state index contributed by atoms with van der Waals surface area (Å²) in [6, 6.07) is 1.69. The number of aliphatic carboxylic acids is 1. The van der Waals surface area contributed by atoms with E-state index in [-0.39, 0.29) is 12.1 Å². The number of hydrogen-bond donors (Lipinski definition) is 2. The van der Waals surface area contributed by atoms with Crippen LogP contribution >= 0.6 is 11.6 Å². The van der Waals surface area contributed by atoms with Crippen molar-refractivity contribution in [2.75, 3.05) is 5.32 Å². The molecule has 20 heavy (non-hydrogen) atoms. The number of carbonyl (C=O) groups is 1. The maximum absolute atomic E-state index is 13.4. The first-order valence-electron chi connectivity index (χ1n) is 5.86. The van der Waals surface area contributed by atoms with Crippen LogP contribution < -0.4 is 5.32 Å². The van der Waals surface area contributed by atoms with Gasteiger partial charge in [-0.1, -0.05) is 24.9 Å². The van der Waals surface area contributed by atoms with E-state index in [1.165, 1.54) is 6.92 Å². The summed E-state index contributed by atoms with van der Waals surface area (Å²) in [5.41, 5.74) is -2.12. The monoisotopic (exact) mass is 304 g/mol. The summed E-state index contributed by atoms with van der Waals surface area (Å²) in [6.07, 6.45) is 0.767. The average Bonchev–Trinajstić information content (AvgIpc) is 2.33. The van der Waals surface area contributed by atoms with E-state index in [2.05, 4.69) is 5.32 Å². The number of nitro benzene ring substituents is 1. The first-order chi connectivity index (χ1) is 9.21. The highest BCUT2D eigenvalue weighted by molar-refractivity contribution is 6.31. The fourth-order valence-electron chi connectivity index (χ4n) is 1.81. The number of benzene rings is 1. The van der Waals surface area contributed by atoms with Crippen molar-refractivity contribution in [2.24, 2.45) is 0 Å². The Hall–Kier alpha value is -1.89. The van der Waals surface area contributed by atoms with Crippen molar-refractivity contribution in [3.8, 4) is 0 Å². The maximum Gasteiger partial charge on any atom is 0.329 e. The predicted molar refractivity (Wildman–Crippen MR) is 72.6 cm³/mol. The van der Waals surface area contributed by atoms with Crippen molar-refractivity contribution in [3.63, 3.8) is 0 Å². The molecule has 0 aliphatic heterocycles.